The quantitative estimate of drug-likeness (QED) is 0.479. The third kappa shape index (κ3) is 6.34. The average Bonchev–Trinajstić information content (AvgIpc) is 2.54. The van der Waals surface area contributed by atoms with Crippen molar-refractivity contribution < 1.29 is 13.2 Å². The molecular weight excluding hydrogens is 421 g/mol. The highest BCUT2D eigenvalue weighted by Crippen LogP contribution is 2.31. The second kappa shape index (κ2) is 8.45. The van der Waals surface area contributed by atoms with Crippen molar-refractivity contribution >= 4 is 56.4 Å². The van der Waals surface area contributed by atoms with E-state index in [1.807, 2.05) is 30.3 Å². The molecule has 0 saturated carbocycles. The van der Waals surface area contributed by atoms with Crippen LogP contribution in [0.15, 0.2) is 59.5 Å². The molecule has 4 N–H and O–H groups in total. The Morgan fingerprint density at radius 3 is 2.12 bits per heavy atom. The van der Waals surface area contributed by atoms with Crippen LogP contribution in [0.3, 0.4) is 0 Å². The Hall–Kier alpha value is -1.51. The molecule has 2 aromatic carbocycles. The first-order chi connectivity index (χ1) is 12.1. The van der Waals surface area contributed by atoms with Crippen molar-refractivity contribution in [2.45, 2.75) is 21.3 Å². The minimum atomic E-state index is -3.81. The van der Waals surface area contributed by atoms with Crippen LogP contribution in [0, 0.1) is 0 Å². The lowest BCUT2D eigenvalue weighted by Gasteiger charge is -2.27. The molecule has 0 radical (unpaired) electrons. The maximum atomic E-state index is 12.2. The largest absolute Gasteiger partial charge is 0.362 e. The van der Waals surface area contributed by atoms with Crippen LogP contribution in [-0.2, 0) is 21.2 Å². The number of hydrogen-bond donors (Lipinski definition) is 3. The van der Waals surface area contributed by atoms with Gasteiger partial charge >= 0.3 is 0 Å². The Bertz CT molecular complexity index is 854. The normalized spacial score (nSPS) is 13.1. The Labute approximate surface area is 166 Å². The van der Waals surface area contributed by atoms with Gasteiger partial charge in [-0.3, -0.25) is 4.79 Å². The van der Waals surface area contributed by atoms with Crippen molar-refractivity contribution in [3.63, 3.8) is 0 Å². The molecule has 1 unspecified atom stereocenters. The van der Waals surface area contributed by atoms with E-state index in [1.165, 1.54) is 24.3 Å². The molecule has 2 rings (SSSR count). The molecule has 0 saturated heterocycles. The van der Waals surface area contributed by atoms with Crippen molar-refractivity contribution in [2.75, 3.05) is 5.32 Å². The van der Waals surface area contributed by atoms with E-state index in [-0.39, 0.29) is 17.2 Å². The number of primary sulfonamides is 1. The Balaban J connectivity index is 2.09. The average molecular weight is 437 g/mol. The number of carbonyl (C=O) groups is 1. The van der Waals surface area contributed by atoms with Gasteiger partial charge in [-0.2, -0.15) is 0 Å². The van der Waals surface area contributed by atoms with Gasteiger partial charge in [0, 0.05) is 5.69 Å². The summed E-state index contributed by atoms with van der Waals surface area (Å²) in [6.45, 7) is 0. The van der Waals surface area contributed by atoms with Crippen LogP contribution >= 0.6 is 34.8 Å². The molecule has 140 valence electrons. The number of carbonyl (C=O) groups excluding carboxylic acids is 1. The lowest BCUT2D eigenvalue weighted by molar-refractivity contribution is -0.120. The van der Waals surface area contributed by atoms with E-state index in [1.54, 1.807) is 0 Å². The van der Waals surface area contributed by atoms with Crippen molar-refractivity contribution in [3.8, 4) is 0 Å². The molecule has 1 atom stereocenters. The summed E-state index contributed by atoms with van der Waals surface area (Å²) < 4.78 is 20.7. The summed E-state index contributed by atoms with van der Waals surface area (Å²) in [6, 6.07) is 14.6. The minimum Gasteiger partial charge on any atom is -0.362 e. The van der Waals surface area contributed by atoms with E-state index in [4.69, 9.17) is 39.9 Å². The second-order valence-corrected chi connectivity index (χ2v) is 9.35. The molecule has 0 heterocycles. The fraction of sp³-hybridized carbons (Fsp3) is 0.188. The summed E-state index contributed by atoms with van der Waals surface area (Å²) in [5, 5.41) is 10.5. The summed E-state index contributed by atoms with van der Waals surface area (Å²) >= 11 is 17.8. The molecule has 0 fully saturated rings. The maximum absolute atomic E-state index is 12.2. The molecule has 2 aromatic rings. The van der Waals surface area contributed by atoms with Crippen LogP contribution in [0.4, 0.5) is 5.69 Å². The number of anilines is 1. The second-order valence-electron chi connectivity index (χ2n) is 5.42. The standard InChI is InChI=1S/C16H16Cl3N3O3S/c17-16(18,19)15(22-14(23)10-11-4-2-1-3-5-11)21-12-6-8-13(9-7-12)26(20,24)25/h1-9,15,21H,10H2,(H,22,23)(H2,20,24,25). The number of sulfonamides is 1. The third-order valence-corrected chi connectivity index (χ3v) is 4.92. The van der Waals surface area contributed by atoms with Gasteiger partial charge in [-0.1, -0.05) is 65.1 Å². The molecule has 6 nitrogen and oxygen atoms in total. The molecular formula is C16H16Cl3N3O3S. The van der Waals surface area contributed by atoms with Crippen LogP contribution in [0.5, 0.6) is 0 Å². The molecule has 0 aliphatic heterocycles. The van der Waals surface area contributed by atoms with Gasteiger partial charge in [-0.05, 0) is 29.8 Å². The van der Waals surface area contributed by atoms with E-state index >= 15 is 0 Å². The Morgan fingerprint density at radius 1 is 1.04 bits per heavy atom. The molecule has 0 bridgehead atoms. The van der Waals surface area contributed by atoms with Crippen molar-refractivity contribution in [3.05, 3.63) is 60.2 Å². The molecule has 10 heteroatoms. The van der Waals surface area contributed by atoms with Crippen molar-refractivity contribution in [1.29, 1.82) is 0 Å². The van der Waals surface area contributed by atoms with E-state index in [2.05, 4.69) is 10.6 Å². The van der Waals surface area contributed by atoms with Gasteiger partial charge in [0.1, 0.15) is 6.17 Å². The number of alkyl halides is 3. The first kappa shape index (κ1) is 20.8. The Kier molecular flexibility index (Phi) is 6.76. The van der Waals surface area contributed by atoms with Crippen LogP contribution < -0.4 is 15.8 Å². The number of rotatable bonds is 6. The fourth-order valence-electron chi connectivity index (χ4n) is 2.10. The van der Waals surface area contributed by atoms with Gasteiger partial charge in [-0.15, -0.1) is 0 Å². The molecule has 0 aromatic heterocycles. The van der Waals surface area contributed by atoms with Crippen LogP contribution in [0.2, 0.25) is 0 Å². The number of nitrogens with two attached hydrogens (primary N) is 1. The number of halogens is 3. The molecule has 26 heavy (non-hydrogen) atoms. The van der Waals surface area contributed by atoms with Gasteiger partial charge in [0.25, 0.3) is 0 Å². The molecule has 1 amide bonds. The first-order valence-corrected chi connectivity index (χ1v) is 10.0. The van der Waals surface area contributed by atoms with E-state index in [0.29, 0.717) is 5.69 Å². The summed E-state index contributed by atoms with van der Waals surface area (Å²) in [5.41, 5.74) is 1.25. The van der Waals surface area contributed by atoms with E-state index < -0.39 is 20.0 Å². The predicted molar refractivity (Wildman–Crippen MR) is 104 cm³/mol. The van der Waals surface area contributed by atoms with Crippen LogP contribution in [-0.4, -0.2) is 24.3 Å². The number of amides is 1. The zero-order chi connectivity index (χ0) is 19.4. The number of hydrogen-bond acceptors (Lipinski definition) is 4. The van der Waals surface area contributed by atoms with E-state index in [9.17, 15) is 13.2 Å². The number of benzene rings is 2. The zero-order valence-electron chi connectivity index (χ0n) is 13.3. The maximum Gasteiger partial charge on any atom is 0.238 e. The number of nitrogens with one attached hydrogen (secondary N) is 2. The predicted octanol–water partition coefficient (Wildman–Crippen LogP) is 2.80. The summed E-state index contributed by atoms with van der Waals surface area (Å²) in [7, 11) is -3.81. The topological polar surface area (TPSA) is 101 Å². The SMILES string of the molecule is NS(=O)(=O)c1ccc(NC(NC(=O)Cc2ccccc2)C(Cl)(Cl)Cl)cc1. The zero-order valence-corrected chi connectivity index (χ0v) is 16.4. The van der Waals surface area contributed by atoms with Crippen LogP contribution in [0.1, 0.15) is 5.56 Å². The highest BCUT2D eigenvalue weighted by Gasteiger charge is 2.34. The molecule has 0 spiro atoms. The first-order valence-electron chi connectivity index (χ1n) is 7.35. The summed E-state index contributed by atoms with van der Waals surface area (Å²) in [4.78, 5) is 12.2. The highest BCUT2D eigenvalue weighted by atomic mass is 35.6. The summed E-state index contributed by atoms with van der Waals surface area (Å²) in [6.07, 6.45) is -0.923. The van der Waals surface area contributed by atoms with Gasteiger partial charge in [0.05, 0.1) is 11.3 Å². The fourth-order valence-corrected chi connectivity index (χ4v) is 2.94. The van der Waals surface area contributed by atoms with E-state index in [0.717, 1.165) is 5.56 Å². The lowest BCUT2D eigenvalue weighted by Crippen LogP contribution is -2.49. The lowest BCUT2D eigenvalue weighted by atomic mass is 10.1. The van der Waals surface area contributed by atoms with Gasteiger partial charge in [0.2, 0.25) is 19.7 Å². The van der Waals surface area contributed by atoms with Crippen molar-refractivity contribution in [2.24, 2.45) is 5.14 Å². The smallest absolute Gasteiger partial charge is 0.238 e. The van der Waals surface area contributed by atoms with Gasteiger partial charge in [-0.25, -0.2) is 13.6 Å². The molecule has 0 aliphatic carbocycles. The monoisotopic (exact) mass is 435 g/mol. The minimum absolute atomic E-state index is 0.0541. The van der Waals surface area contributed by atoms with Crippen LogP contribution in [0.25, 0.3) is 0 Å². The molecule has 0 aliphatic rings. The summed E-state index contributed by atoms with van der Waals surface area (Å²) in [5.74, 6) is -0.346. The van der Waals surface area contributed by atoms with Gasteiger partial charge in [0.15, 0.2) is 0 Å². The highest BCUT2D eigenvalue weighted by molar-refractivity contribution is 7.89. The van der Waals surface area contributed by atoms with Crippen molar-refractivity contribution in [1.82, 2.24) is 5.32 Å². The Morgan fingerprint density at radius 2 is 1.62 bits per heavy atom. The third-order valence-electron chi connectivity index (χ3n) is 3.33. The van der Waals surface area contributed by atoms with Gasteiger partial charge < -0.3 is 10.6 Å².